The fourth-order valence-corrected chi connectivity index (χ4v) is 4.66. The van der Waals surface area contributed by atoms with Gasteiger partial charge in [-0.1, -0.05) is 41.9 Å². The first-order chi connectivity index (χ1) is 14.8. The van der Waals surface area contributed by atoms with Gasteiger partial charge in [0, 0.05) is 37.9 Å². The highest BCUT2D eigenvalue weighted by atomic mass is 35.5. The number of nitrogens with one attached hydrogen (secondary N) is 1. The number of fused-ring (bicyclic) bond motifs is 1. The molecule has 178 valence electrons. The summed E-state index contributed by atoms with van der Waals surface area (Å²) in [6, 6.07) is 11.0. The molecule has 2 aromatic heterocycles. The van der Waals surface area contributed by atoms with Crippen molar-refractivity contribution in [3.05, 3.63) is 64.9 Å². The Morgan fingerprint density at radius 2 is 1.97 bits per heavy atom. The minimum Gasteiger partial charge on any atom is -0.368 e. The van der Waals surface area contributed by atoms with Crippen LogP contribution in [-0.4, -0.2) is 44.9 Å². The fourth-order valence-electron chi connectivity index (χ4n) is 4.38. The molecule has 7 nitrogen and oxygen atoms in total. The van der Waals surface area contributed by atoms with E-state index in [9.17, 15) is 9.59 Å². The largest absolute Gasteiger partial charge is 0.368 e. The number of carbonyl (C=O) groups is 2. The molecule has 2 amide bonds. The Labute approximate surface area is 210 Å². The van der Waals surface area contributed by atoms with E-state index in [2.05, 4.69) is 22.4 Å². The Bertz CT molecular complexity index is 1120. The second-order valence-corrected chi connectivity index (χ2v) is 8.56. The normalized spacial score (nSPS) is 18.9. The number of nitrogens with two attached hydrogens (primary N) is 1. The van der Waals surface area contributed by atoms with E-state index in [1.54, 1.807) is 6.20 Å². The number of hydrogen-bond acceptors (Lipinski definition) is 4. The number of benzene rings is 1. The van der Waals surface area contributed by atoms with Gasteiger partial charge in [0.15, 0.2) is 0 Å². The van der Waals surface area contributed by atoms with Gasteiger partial charge in [0.25, 0.3) is 0 Å². The second-order valence-electron chi connectivity index (χ2n) is 8.15. The third kappa shape index (κ3) is 5.61. The maximum Gasteiger partial charge on any atom is 0.237 e. The van der Waals surface area contributed by atoms with E-state index >= 15 is 0 Å². The van der Waals surface area contributed by atoms with Gasteiger partial charge in [-0.3, -0.25) is 14.5 Å². The highest BCUT2D eigenvalue weighted by Crippen LogP contribution is 2.33. The van der Waals surface area contributed by atoms with Crippen molar-refractivity contribution in [1.29, 1.82) is 0 Å². The van der Waals surface area contributed by atoms with Crippen molar-refractivity contribution < 1.29 is 9.59 Å². The number of nitrogens with zero attached hydrogens (tertiary/aromatic N) is 3. The van der Waals surface area contributed by atoms with E-state index in [1.807, 2.05) is 53.9 Å². The van der Waals surface area contributed by atoms with E-state index in [0.29, 0.717) is 24.5 Å². The first kappa shape index (κ1) is 26.9. The summed E-state index contributed by atoms with van der Waals surface area (Å²) in [6.45, 7) is 2.75. The van der Waals surface area contributed by atoms with Crippen LogP contribution in [-0.2, 0) is 23.2 Å². The first-order valence-corrected chi connectivity index (χ1v) is 10.7. The van der Waals surface area contributed by atoms with Crippen molar-refractivity contribution in [2.24, 2.45) is 12.8 Å². The minimum atomic E-state index is -0.483. The van der Waals surface area contributed by atoms with Crippen molar-refractivity contribution in [3.63, 3.8) is 0 Å². The van der Waals surface area contributed by atoms with Gasteiger partial charge in [-0.25, -0.2) is 4.98 Å². The summed E-state index contributed by atoms with van der Waals surface area (Å²) in [4.78, 5) is 31.3. The Morgan fingerprint density at radius 1 is 1.27 bits per heavy atom. The highest BCUT2D eigenvalue weighted by molar-refractivity contribution is 6.35. The molecular formula is C23H28Cl3N5O2. The van der Waals surface area contributed by atoms with Crippen molar-refractivity contribution in [2.75, 3.05) is 6.54 Å². The lowest BCUT2D eigenvalue weighted by Gasteiger charge is -2.28. The highest BCUT2D eigenvalue weighted by Gasteiger charge is 2.40. The van der Waals surface area contributed by atoms with Gasteiger partial charge >= 0.3 is 0 Å². The third-order valence-corrected chi connectivity index (χ3v) is 6.41. The molecular weight excluding hydrogens is 485 g/mol. The van der Waals surface area contributed by atoms with E-state index in [1.165, 1.54) is 0 Å². The molecule has 0 aliphatic carbocycles. The Hall–Kier alpha value is -2.32. The second kappa shape index (κ2) is 11.2. The lowest BCUT2D eigenvalue weighted by Crippen LogP contribution is -2.51. The zero-order chi connectivity index (χ0) is 22.1. The molecule has 1 aromatic carbocycles. The molecule has 0 saturated carbocycles. The Kier molecular flexibility index (Phi) is 9.14. The van der Waals surface area contributed by atoms with Crippen LogP contribution in [0.5, 0.6) is 0 Å². The van der Waals surface area contributed by atoms with Crippen LogP contribution in [0, 0.1) is 0 Å². The molecule has 0 radical (unpaired) electrons. The molecule has 3 aromatic rings. The number of hydrogen-bond donors (Lipinski definition) is 2. The molecule has 3 heterocycles. The smallest absolute Gasteiger partial charge is 0.237 e. The minimum absolute atomic E-state index is 0. The van der Waals surface area contributed by atoms with Gasteiger partial charge in [0.1, 0.15) is 5.65 Å². The van der Waals surface area contributed by atoms with E-state index in [-0.39, 0.29) is 36.6 Å². The molecule has 1 aliphatic heterocycles. The van der Waals surface area contributed by atoms with Gasteiger partial charge in [-0.05, 0) is 36.5 Å². The summed E-state index contributed by atoms with van der Waals surface area (Å²) >= 11 is 6.26. The van der Waals surface area contributed by atoms with Crippen LogP contribution in [0.1, 0.15) is 30.4 Å². The average molecular weight is 513 g/mol. The molecule has 3 atom stereocenters. The summed E-state index contributed by atoms with van der Waals surface area (Å²) in [5.74, 6) is -0.383. The van der Waals surface area contributed by atoms with Crippen LogP contribution in [0.3, 0.4) is 0 Å². The van der Waals surface area contributed by atoms with Gasteiger partial charge < -0.3 is 15.6 Å². The standard InChI is InChI=1S/C23H26ClN5O2.2ClH/c1-14(29-12-17(9-20(29)21(25)30)16-6-4-3-5-7-16)23(31)27-11-15-8-18-19(24)13-28(2)22(18)26-10-15;;/h3-8,10,13-14,17,20H,9,11-12H2,1-2H3,(H2,25,30)(H,27,31);2*1H/t14-,17?,20?;;/m0../s1. The number of amides is 2. The number of halogens is 3. The summed E-state index contributed by atoms with van der Waals surface area (Å²) in [5, 5.41) is 4.43. The molecule has 0 bridgehead atoms. The van der Waals surface area contributed by atoms with Crippen molar-refractivity contribution in [2.45, 2.75) is 37.9 Å². The number of aryl methyl sites for hydroxylation is 1. The van der Waals surface area contributed by atoms with Crippen LogP contribution in [0.25, 0.3) is 11.0 Å². The van der Waals surface area contributed by atoms with Crippen LogP contribution < -0.4 is 11.1 Å². The molecule has 3 N–H and O–H groups in total. The molecule has 33 heavy (non-hydrogen) atoms. The summed E-state index contributed by atoms with van der Waals surface area (Å²) < 4.78 is 1.86. The maximum atomic E-state index is 12.9. The lowest BCUT2D eigenvalue weighted by atomic mass is 9.96. The quantitative estimate of drug-likeness (QED) is 0.529. The molecule has 0 spiro atoms. The van der Waals surface area contributed by atoms with E-state index in [0.717, 1.165) is 22.2 Å². The topological polar surface area (TPSA) is 93.2 Å². The number of pyridine rings is 1. The zero-order valence-electron chi connectivity index (χ0n) is 18.4. The monoisotopic (exact) mass is 511 g/mol. The van der Waals surface area contributed by atoms with Gasteiger partial charge in [-0.15, -0.1) is 24.8 Å². The third-order valence-electron chi connectivity index (χ3n) is 6.10. The fraction of sp³-hybridized carbons (Fsp3) is 0.348. The molecule has 1 saturated heterocycles. The molecule has 1 aliphatic rings. The van der Waals surface area contributed by atoms with Gasteiger partial charge in [-0.2, -0.15) is 0 Å². The van der Waals surface area contributed by atoms with E-state index in [4.69, 9.17) is 17.3 Å². The average Bonchev–Trinajstić information content (AvgIpc) is 3.34. The predicted octanol–water partition coefficient (Wildman–Crippen LogP) is 3.42. The summed E-state index contributed by atoms with van der Waals surface area (Å²) in [7, 11) is 1.89. The molecule has 4 rings (SSSR count). The maximum absolute atomic E-state index is 12.9. The van der Waals surface area contributed by atoms with Crippen LogP contribution in [0.15, 0.2) is 48.8 Å². The van der Waals surface area contributed by atoms with Crippen molar-refractivity contribution in [3.8, 4) is 0 Å². The number of carbonyl (C=O) groups excluding carboxylic acids is 2. The molecule has 2 unspecified atom stereocenters. The summed E-state index contributed by atoms with van der Waals surface area (Å²) in [6.07, 6.45) is 4.16. The number of rotatable bonds is 6. The molecule has 10 heteroatoms. The van der Waals surface area contributed by atoms with Crippen LogP contribution in [0.4, 0.5) is 0 Å². The number of aromatic nitrogens is 2. The predicted molar refractivity (Wildman–Crippen MR) is 135 cm³/mol. The van der Waals surface area contributed by atoms with Crippen LogP contribution in [0.2, 0.25) is 5.02 Å². The number of primary amides is 1. The first-order valence-electron chi connectivity index (χ1n) is 10.3. The van der Waals surface area contributed by atoms with Gasteiger partial charge in [0.2, 0.25) is 11.8 Å². The zero-order valence-corrected chi connectivity index (χ0v) is 20.8. The lowest BCUT2D eigenvalue weighted by molar-refractivity contribution is -0.129. The Balaban J connectivity index is 0.00000193. The SMILES string of the molecule is C[C@@H](C(=O)NCc1cnc2c(c1)c(Cl)cn2C)N1CC(c2ccccc2)CC1C(N)=O.Cl.Cl. The van der Waals surface area contributed by atoms with E-state index < -0.39 is 18.0 Å². The van der Waals surface area contributed by atoms with Gasteiger partial charge in [0.05, 0.1) is 17.1 Å². The molecule has 1 fully saturated rings. The summed E-state index contributed by atoms with van der Waals surface area (Å²) in [5.41, 5.74) is 8.47. The number of likely N-dealkylation sites (tertiary alicyclic amines) is 1. The Morgan fingerprint density at radius 3 is 2.64 bits per heavy atom. The van der Waals surface area contributed by atoms with Crippen molar-refractivity contribution in [1.82, 2.24) is 19.8 Å². The van der Waals surface area contributed by atoms with Crippen molar-refractivity contribution >= 4 is 59.3 Å². The van der Waals surface area contributed by atoms with Crippen LogP contribution >= 0.6 is 36.4 Å².